The van der Waals surface area contributed by atoms with Crippen LogP contribution in [-0.4, -0.2) is 43.1 Å². The summed E-state index contributed by atoms with van der Waals surface area (Å²) in [7, 11) is -1.59. The van der Waals surface area contributed by atoms with Crippen molar-refractivity contribution in [1.29, 1.82) is 0 Å². The lowest BCUT2D eigenvalue weighted by atomic mass is 9.92. The zero-order valence-electron chi connectivity index (χ0n) is 13.4. The number of aromatic nitrogens is 2. The molecule has 0 saturated carbocycles. The molecule has 118 valence electrons. The average molecular weight is 309 g/mol. The Morgan fingerprint density at radius 2 is 1.86 bits per heavy atom. The van der Waals surface area contributed by atoms with Gasteiger partial charge in [-0.1, -0.05) is 0 Å². The number of hydrogen-bond donors (Lipinski definition) is 1. The van der Waals surface area contributed by atoms with Crippen molar-refractivity contribution >= 4 is 14.3 Å². The van der Waals surface area contributed by atoms with Gasteiger partial charge in [-0.05, 0) is 51.2 Å². The van der Waals surface area contributed by atoms with Crippen LogP contribution in [0.3, 0.4) is 0 Å². The molecule has 0 aliphatic carbocycles. The van der Waals surface area contributed by atoms with Crippen LogP contribution in [0.4, 0.5) is 5.95 Å². The van der Waals surface area contributed by atoms with Crippen molar-refractivity contribution in [2.45, 2.75) is 45.3 Å². The monoisotopic (exact) mass is 309 g/mol. The first-order valence-corrected chi connectivity index (χ1v) is 11.3. The number of nitrogens with zero attached hydrogens (tertiary/aromatic N) is 3. The van der Waals surface area contributed by atoms with E-state index in [1.807, 2.05) is 0 Å². The van der Waals surface area contributed by atoms with Crippen LogP contribution in [0, 0.1) is 5.92 Å². The molecule has 0 atom stereocenters. The van der Waals surface area contributed by atoms with E-state index in [1.165, 1.54) is 0 Å². The molecular formula is C15H27N3O2Si. The van der Waals surface area contributed by atoms with Gasteiger partial charge in [0.25, 0.3) is 0 Å². The molecule has 1 aromatic heterocycles. The first-order chi connectivity index (χ1) is 9.98. The highest BCUT2D eigenvalue weighted by Gasteiger charge is 2.21. The summed E-state index contributed by atoms with van der Waals surface area (Å²) in [5.74, 6) is 2.32. The highest BCUT2D eigenvalue weighted by molar-refractivity contribution is 6.70. The Labute approximate surface area is 128 Å². The van der Waals surface area contributed by atoms with Gasteiger partial charge in [0.2, 0.25) is 14.3 Å². The summed E-state index contributed by atoms with van der Waals surface area (Å²) in [4.78, 5) is 11.1. The molecule has 2 rings (SSSR count). The van der Waals surface area contributed by atoms with E-state index in [2.05, 4.69) is 34.5 Å². The smallest absolute Gasteiger partial charge is 0.242 e. The minimum atomic E-state index is -1.59. The van der Waals surface area contributed by atoms with Crippen molar-refractivity contribution in [2.75, 3.05) is 24.6 Å². The molecule has 1 aliphatic heterocycles. The molecule has 0 spiro atoms. The largest absolute Gasteiger partial charge is 0.542 e. The standard InChI is InChI=1S/C15H27N3O2Si/c1-21(2,3)20-14-11-16-15(17-12-14)18-8-6-13(7-9-18)5-4-10-19/h11-13,19H,4-10H2,1-3H3. The number of piperidine rings is 1. The van der Waals surface area contributed by atoms with Crippen LogP contribution in [0.2, 0.25) is 19.6 Å². The lowest BCUT2D eigenvalue weighted by Crippen LogP contribution is -2.35. The summed E-state index contributed by atoms with van der Waals surface area (Å²) in [5.41, 5.74) is 0. The second-order valence-corrected chi connectivity index (χ2v) is 11.2. The van der Waals surface area contributed by atoms with Crippen molar-refractivity contribution < 1.29 is 9.53 Å². The molecule has 0 amide bonds. The fourth-order valence-corrected chi connectivity index (χ4v) is 3.49. The summed E-state index contributed by atoms with van der Waals surface area (Å²) in [6.45, 7) is 8.77. The number of hydrogen-bond acceptors (Lipinski definition) is 5. The van der Waals surface area contributed by atoms with E-state index >= 15 is 0 Å². The highest BCUT2D eigenvalue weighted by Crippen LogP contribution is 2.24. The van der Waals surface area contributed by atoms with Crippen molar-refractivity contribution in [3.05, 3.63) is 12.4 Å². The molecule has 0 radical (unpaired) electrons. The normalized spacial score (nSPS) is 17.0. The fraction of sp³-hybridized carbons (Fsp3) is 0.733. The van der Waals surface area contributed by atoms with E-state index in [4.69, 9.17) is 9.53 Å². The number of anilines is 1. The maximum absolute atomic E-state index is 8.89. The Morgan fingerprint density at radius 3 is 2.38 bits per heavy atom. The third-order valence-corrected chi connectivity index (χ3v) is 4.55. The van der Waals surface area contributed by atoms with Gasteiger partial charge < -0.3 is 14.4 Å². The van der Waals surface area contributed by atoms with Crippen LogP contribution in [-0.2, 0) is 0 Å². The molecule has 2 heterocycles. The van der Waals surface area contributed by atoms with Crippen LogP contribution in [0.25, 0.3) is 0 Å². The first-order valence-electron chi connectivity index (χ1n) is 7.85. The van der Waals surface area contributed by atoms with Crippen molar-refractivity contribution in [1.82, 2.24) is 9.97 Å². The third kappa shape index (κ3) is 5.28. The molecule has 0 bridgehead atoms. The fourth-order valence-electron chi connectivity index (χ4n) is 2.68. The van der Waals surface area contributed by atoms with E-state index < -0.39 is 8.32 Å². The third-order valence-electron chi connectivity index (χ3n) is 3.71. The van der Waals surface area contributed by atoms with Gasteiger partial charge in [0, 0.05) is 19.7 Å². The molecule has 1 saturated heterocycles. The van der Waals surface area contributed by atoms with Gasteiger partial charge in [-0.2, -0.15) is 0 Å². The topological polar surface area (TPSA) is 58.5 Å². The second-order valence-electron chi connectivity index (χ2n) is 6.73. The lowest BCUT2D eigenvalue weighted by molar-refractivity contribution is 0.261. The van der Waals surface area contributed by atoms with Crippen LogP contribution < -0.4 is 9.33 Å². The molecule has 6 heteroatoms. The second kappa shape index (κ2) is 7.22. The van der Waals surface area contributed by atoms with Crippen LogP contribution in [0.5, 0.6) is 5.75 Å². The molecular weight excluding hydrogens is 282 g/mol. The Kier molecular flexibility index (Phi) is 5.58. The van der Waals surface area contributed by atoms with Gasteiger partial charge in [0.1, 0.15) is 5.75 Å². The summed E-state index contributed by atoms with van der Waals surface area (Å²) in [6, 6.07) is 0. The summed E-state index contributed by atoms with van der Waals surface area (Å²) >= 11 is 0. The molecule has 1 aromatic rings. The minimum Gasteiger partial charge on any atom is -0.542 e. The van der Waals surface area contributed by atoms with E-state index in [0.29, 0.717) is 6.61 Å². The molecule has 1 N–H and O–H groups in total. The Bertz CT molecular complexity index is 426. The zero-order valence-corrected chi connectivity index (χ0v) is 14.4. The molecule has 1 fully saturated rings. The lowest BCUT2D eigenvalue weighted by Gasteiger charge is -2.32. The Morgan fingerprint density at radius 1 is 1.24 bits per heavy atom. The van der Waals surface area contributed by atoms with Crippen molar-refractivity contribution in [3.63, 3.8) is 0 Å². The zero-order chi connectivity index (χ0) is 15.3. The van der Waals surface area contributed by atoms with E-state index in [9.17, 15) is 0 Å². The molecule has 1 aliphatic rings. The van der Waals surface area contributed by atoms with Crippen LogP contribution in [0.1, 0.15) is 25.7 Å². The minimum absolute atomic E-state index is 0.307. The molecule has 0 unspecified atom stereocenters. The number of rotatable bonds is 6. The van der Waals surface area contributed by atoms with Crippen LogP contribution in [0.15, 0.2) is 12.4 Å². The van der Waals surface area contributed by atoms with Gasteiger partial charge in [-0.25, -0.2) is 9.97 Å². The number of aliphatic hydroxyl groups excluding tert-OH is 1. The van der Waals surface area contributed by atoms with Gasteiger partial charge in [-0.3, -0.25) is 0 Å². The summed E-state index contributed by atoms with van der Waals surface area (Å²) in [6.07, 6.45) is 7.96. The van der Waals surface area contributed by atoms with Gasteiger partial charge in [0.15, 0.2) is 0 Å². The Hall–Kier alpha value is -1.14. The maximum atomic E-state index is 8.89. The Balaban J connectivity index is 1.86. The van der Waals surface area contributed by atoms with Gasteiger partial charge >= 0.3 is 0 Å². The SMILES string of the molecule is C[Si](C)(C)Oc1cnc(N2CCC(CCCO)CC2)nc1. The maximum Gasteiger partial charge on any atom is 0.242 e. The highest BCUT2D eigenvalue weighted by atomic mass is 28.4. The van der Waals surface area contributed by atoms with Crippen molar-refractivity contribution in [2.24, 2.45) is 5.92 Å². The van der Waals surface area contributed by atoms with Gasteiger partial charge in [-0.15, -0.1) is 0 Å². The van der Waals surface area contributed by atoms with E-state index in [0.717, 1.165) is 56.4 Å². The molecule has 21 heavy (non-hydrogen) atoms. The quantitative estimate of drug-likeness (QED) is 0.819. The predicted molar refractivity (Wildman–Crippen MR) is 87.3 cm³/mol. The summed E-state index contributed by atoms with van der Waals surface area (Å²) in [5, 5.41) is 8.89. The predicted octanol–water partition coefficient (Wildman–Crippen LogP) is 2.68. The van der Waals surface area contributed by atoms with E-state index in [1.54, 1.807) is 12.4 Å². The van der Waals surface area contributed by atoms with Gasteiger partial charge in [0.05, 0.1) is 12.4 Å². The molecule has 5 nitrogen and oxygen atoms in total. The first kappa shape index (κ1) is 16.2. The van der Waals surface area contributed by atoms with Crippen molar-refractivity contribution in [3.8, 4) is 5.75 Å². The molecule has 0 aromatic carbocycles. The van der Waals surface area contributed by atoms with E-state index in [-0.39, 0.29) is 0 Å². The number of aliphatic hydroxyl groups is 1. The summed E-state index contributed by atoms with van der Waals surface area (Å²) < 4.78 is 5.88. The average Bonchev–Trinajstić information content (AvgIpc) is 2.45. The van der Waals surface area contributed by atoms with Crippen LogP contribution >= 0.6 is 0 Å².